The molecule has 0 aliphatic carbocycles. The molecule has 8 heteroatoms. The third kappa shape index (κ3) is 9.10. The van der Waals surface area contributed by atoms with E-state index in [0.29, 0.717) is 6.54 Å². The van der Waals surface area contributed by atoms with Crippen molar-refractivity contribution < 1.29 is 10.2 Å². The van der Waals surface area contributed by atoms with Gasteiger partial charge in [-0.25, -0.2) is 4.98 Å². The summed E-state index contributed by atoms with van der Waals surface area (Å²) < 4.78 is 0. The van der Waals surface area contributed by atoms with Gasteiger partial charge in [0.05, 0.1) is 6.54 Å². The fourth-order valence-corrected chi connectivity index (χ4v) is 1.12. The molecule has 5 N–H and O–H groups in total. The van der Waals surface area contributed by atoms with Crippen LogP contribution in [0.3, 0.4) is 0 Å². The number of rotatable bonds is 2. The van der Waals surface area contributed by atoms with Gasteiger partial charge in [-0.05, 0) is 24.4 Å². The van der Waals surface area contributed by atoms with Gasteiger partial charge in [-0.2, -0.15) is 0 Å². The molecule has 0 bridgehead atoms. The minimum absolute atomic E-state index is 0.185. The monoisotopic (exact) mass is 251 g/mol. The molecule has 0 radical (unpaired) electrons. The van der Waals surface area contributed by atoms with Crippen molar-refractivity contribution in [2.45, 2.75) is 6.54 Å². The summed E-state index contributed by atoms with van der Waals surface area (Å²) in [7, 11) is 0. The van der Waals surface area contributed by atoms with Gasteiger partial charge in [0.25, 0.3) is 10.3 Å². The first kappa shape index (κ1) is 13.0. The number of aromatic nitrogens is 1. The smallest absolute Gasteiger partial charge is 0.254 e. The van der Waals surface area contributed by atoms with Crippen LogP contribution < -0.4 is 11.1 Å². The van der Waals surface area contributed by atoms with Crippen LogP contribution in [0, 0.1) is 0 Å². The van der Waals surface area contributed by atoms with E-state index >= 15 is 0 Å². The molecule has 0 aliphatic heterocycles. The minimum atomic E-state index is -0.500. The number of nitrogens with zero attached hydrogens (tertiary/aromatic N) is 1. The number of thiazole rings is 1. The molecule has 0 amide bonds. The van der Waals surface area contributed by atoms with Crippen LogP contribution in [0.1, 0.15) is 5.01 Å². The number of nitrogens with two attached hydrogens (primary N) is 1. The van der Waals surface area contributed by atoms with Gasteiger partial charge in [0, 0.05) is 11.6 Å². The van der Waals surface area contributed by atoms with Gasteiger partial charge in [-0.15, -0.1) is 11.3 Å². The lowest BCUT2D eigenvalue weighted by Crippen LogP contribution is -2.19. The van der Waals surface area contributed by atoms with Crippen LogP contribution >= 0.6 is 35.8 Å². The first-order valence-corrected chi connectivity index (χ1v) is 5.05. The lowest BCUT2D eigenvalue weighted by atomic mass is 10.7. The van der Waals surface area contributed by atoms with E-state index in [9.17, 15) is 0 Å². The predicted molar refractivity (Wildman–Crippen MR) is 63.6 cm³/mol. The molecular weight excluding hydrogens is 242 g/mol. The van der Waals surface area contributed by atoms with Gasteiger partial charge in [0.15, 0.2) is 0 Å². The van der Waals surface area contributed by atoms with Crippen LogP contribution in [-0.4, -0.2) is 25.5 Å². The Bertz CT molecular complexity index is 285. The van der Waals surface area contributed by atoms with Crippen molar-refractivity contribution in [2.24, 2.45) is 5.73 Å². The van der Waals surface area contributed by atoms with Gasteiger partial charge in [0.2, 0.25) is 0 Å². The summed E-state index contributed by atoms with van der Waals surface area (Å²) in [5, 5.41) is 20.8. The third-order valence-electron chi connectivity index (χ3n) is 0.874. The zero-order chi connectivity index (χ0) is 11.0. The lowest BCUT2D eigenvalue weighted by Gasteiger charge is -1.96. The molecule has 0 fully saturated rings. The lowest BCUT2D eigenvalue weighted by molar-refractivity contribution is 0.530. The molecule has 0 spiro atoms. The third-order valence-corrected chi connectivity index (χ3v) is 1.80. The van der Waals surface area contributed by atoms with E-state index in [1.807, 2.05) is 5.38 Å². The summed E-state index contributed by atoms with van der Waals surface area (Å²) in [4.78, 5) is 3.97. The first-order valence-electron chi connectivity index (χ1n) is 3.36. The van der Waals surface area contributed by atoms with E-state index in [1.165, 1.54) is 11.3 Å². The maximum atomic E-state index is 8.55. The molecule has 0 saturated carbocycles. The van der Waals surface area contributed by atoms with Crippen LogP contribution in [0.5, 0.6) is 0 Å². The molecule has 0 atom stereocenters. The fraction of sp³-hybridized carbons (Fsp3) is 0.167. The minimum Gasteiger partial charge on any atom is -0.487 e. The van der Waals surface area contributed by atoms with Crippen molar-refractivity contribution in [3.05, 3.63) is 16.6 Å². The maximum Gasteiger partial charge on any atom is 0.254 e. The SMILES string of the molecule is NC(O)=S.OC(=S)NCc1nccs1. The summed E-state index contributed by atoms with van der Waals surface area (Å²) in [5.41, 5.74) is 4.40. The van der Waals surface area contributed by atoms with Gasteiger partial charge in [-0.3, -0.25) is 0 Å². The van der Waals surface area contributed by atoms with E-state index in [2.05, 4.69) is 40.5 Å². The molecule has 1 rings (SSSR count). The summed E-state index contributed by atoms with van der Waals surface area (Å²) in [6.45, 7) is 0.507. The molecule has 1 aromatic heterocycles. The standard InChI is InChI=1S/C5H6N2OS2.CH3NOS/c8-5(9)7-3-4-6-1-2-10-4;2-1(3)4/h1-2H,3H2,(H2,7,8,9);(H3,2,3,4). The van der Waals surface area contributed by atoms with Crippen molar-refractivity contribution in [3.63, 3.8) is 0 Å². The van der Waals surface area contributed by atoms with Crippen LogP contribution in [0.25, 0.3) is 0 Å². The molecule has 78 valence electrons. The molecule has 0 aromatic carbocycles. The second-order valence-corrected chi connectivity index (χ2v) is 3.71. The molecule has 5 nitrogen and oxygen atoms in total. The molecule has 0 aliphatic rings. The highest BCUT2D eigenvalue weighted by Gasteiger charge is 1.94. The molecule has 14 heavy (non-hydrogen) atoms. The largest absolute Gasteiger partial charge is 0.487 e. The summed E-state index contributed by atoms with van der Waals surface area (Å²) in [5.74, 6) is 0. The molecule has 1 aromatic rings. The molecule has 0 saturated heterocycles. The highest BCUT2D eigenvalue weighted by Crippen LogP contribution is 2.01. The van der Waals surface area contributed by atoms with Crippen molar-refractivity contribution in [1.82, 2.24) is 10.3 Å². The summed E-state index contributed by atoms with van der Waals surface area (Å²) in [6.07, 6.45) is 1.71. The number of nitrogens with one attached hydrogen (secondary N) is 1. The van der Waals surface area contributed by atoms with Crippen molar-refractivity contribution in [1.29, 1.82) is 0 Å². The van der Waals surface area contributed by atoms with Gasteiger partial charge in [0.1, 0.15) is 5.01 Å². The Labute approximate surface area is 95.6 Å². The molecule has 1 heterocycles. The Morgan fingerprint density at radius 3 is 2.50 bits per heavy atom. The molecule has 0 unspecified atom stereocenters. The molecular formula is C6H9N3O2S3. The average molecular weight is 251 g/mol. The van der Waals surface area contributed by atoms with E-state index in [1.54, 1.807) is 6.20 Å². The van der Waals surface area contributed by atoms with Crippen LogP contribution in [0.15, 0.2) is 11.6 Å². The van der Waals surface area contributed by atoms with Gasteiger partial charge in [-0.1, -0.05) is 0 Å². The topological polar surface area (TPSA) is 91.4 Å². The zero-order valence-corrected chi connectivity index (χ0v) is 9.46. The van der Waals surface area contributed by atoms with E-state index in [4.69, 9.17) is 10.2 Å². The number of hydrogen-bond acceptors (Lipinski definition) is 4. The number of hydrogen-bond donors (Lipinski definition) is 4. The van der Waals surface area contributed by atoms with E-state index < -0.39 is 5.17 Å². The first-order chi connectivity index (χ1) is 6.52. The van der Waals surface area contributed by atoms with E-state index in [-0.39, 0.29) is 5.17 Å². The van der Waals surface area contributed by atoms with Gasteiger partial charge < -0.3 is 21.3 Å². The predicted octanol–water partition coefficient (Wildman–Crippen LogP) is 0.864. The highest BCUT2D eigenvalue weighted by molar-refractivity contribution is 7.80. The Morgan fingerprint density at radius 1 is 1.57 bits per heavy atom. The Morgan fingerprint density at radius 2 is 2.14 bits per heavy atom. The van der Waals surface area contributed by atoms with Crippen LogP contribution in [0.4, 0.5) is 0 Å². The maximum absolute atomic E-state index is 8.55. The summed E-state index contributed by atoms with van der Waals surface area (Å²) >= 11 is 9.78. The van der Waals surface area contributed by atoms with Crippen LogP contribution in [0.2, 0.25) is 0 Å². The quantitative estimate of drug-likeness (QED) is 0.579. The second kappa shape index (κ2) is 7.42. The van der Waals surface area contributed by atoms with Crippen molar-refractivity contribution >= 4 is 46.1 Å². The highest BCUT2D eigenvalue weighted by atomic mass is 32.1. The van der Waals surface area contributed by atoms with Crippen molar-refractivity contribution in [3.8, 4) is 0 Å². The number of thiocarbonyl (C=S) groups is 2. The van der Waals surface area contributed by atoms with Crippen LogP contribution in [-0.2, 0) is 6.54 Å². The second-order valence-electron chi connectivity index (χ2n) is 1.92. The van der Waals surface area contributed by atoms with Crippen molar-refractivity contribution in [2.75, 3.05) is 0 Å². The van der Waals surface area contributed by atoms with Gasteiger partial charge >= 0.3 is 0 Å². The Balaban J connectivity index is 0.000000364. The fourth-order valence-electron chi connectivity index (χ4n) is 0.491. The number of aliphatic hydroxyl groups excluding tert-OH is 2. The normalized spacial score (nSPS) is 8.29. The Hall–Kier alpha value is -0.990. The zero-order valence-electron chi connectivity index (χ0n) is 7.01. The van der Waals surface area contributed by atoms with E-state index in [0.717, 1.165) is 5.01 Å². The Kier molecular flexibility index (Phi) is 6.89. The summed E-state index contributed by atoms with van der Waals surface area (Å²) in [6, 6.07) is 0. The number of aliphatic hydroxyl groups is 2. The average Bonchev–Trinajstić information content (AvgIpc) is 2.51.